The van der Waals surface area contributed by atoms with Crippen molar-refractivity contribution in [1.82, 2.24) is 34.8 Å². The van der Waals surface area contributed by atoms with Crippen molar-refractivity contribution in [3.05, 3.63) is 54.4 Å². The van der Waals surface area contributed by atoms with E-state index in [-0.39, 0.29) is 5.91 Å². The van der Waals surface area contributed by atoms with E-state index < -0.39 is 0 Å². The van der Waals surface area contributed by atoms with Crippen LogP contribution in [0.3, 0.4) is 0 Å². The fraction of sp³-hybridized carbons (Fsp3) is 0.294. The Bertz CT molecular complexity index is 868. The first-order valence-electron chi connectivity index (χ1n) is 8.37. The maximum Gasteiger partial charge on any atom is 0.274 e. The molecule has 0 radical (unpaired) electrons. The summed E-state index contributed by atoms with van der Waals surface area (Å²) >= 11 is 0. The first kappa shape index (κ1) is 16.1. The Hall–Kier alpha value is -3.36. The van der Waals surface area contributed by atoms with Crippen molar-refractivity contribution in [2.24, 2.45) is 0 Å². The summed E-state index contributed by atoms with van der Waals surface area (Å²) in [6, 6.07) is 5.64. The van der Waals surface area contributed by atoms with Crippen molar-refractivity contribution in [3.8, 4) is 5.82 Å². The summed E-state index contributed by atoms with van der Waals surface area (Å²) < 4.78 is 1.66. The second-order valence-corrected chi connectivity index (χ2v) is 6.02. The van der Waals surface area contributed by atoms with Crippen molar-refractivity contribution >= 4 is 11.7 Å². The van der Waals surface area contributed by atoms with Crippen LogP contribution in [0.1, 0.15) is 16.2 Å². The lowest BCUT2D eigenvalue weighted by Crippen LogP contribution is -2.49. The highest BCUT2D eigenvalue weighted by Gasteiger charge is 2.24. The second kappa shape index (κ2) is 6.87. The standard InChI is InChI=1S/C17H18N8O/c1-13-11-19-14(12-18-13)17(26)24-9-7-23(8-10-24)15-3-4-16(22-21-15)25-6-2-5-20-25/h2-6,11-12H,7-10H2,1H3. The molecule has 0 spiro atoms. The normalized spacial score (nSPS) is 14.5. The number of rotatable bonds is 3. The Kier molecular flexibility index (Phi) is 4.26. The summed E-state index contributed by atoms with van der Waals surface area (Å²) in [6.45, 7) is 4.45. The van der Waals surface area contributed by atoms with Gasteiger partial charge >= 0.3 is 0 Å². The molecule has 0 unspecified atom stereocenters. The molecular formula is C17H18N8O. The first-order chi connectivity index (χ1) is 12.7. The van der Waals surface area contributed by atoms with E-state index in [2.05, 4.69) is 30.2 Å². The zero-order valence-electron chi connectivity index (χ0n) is 14.4. The molecule has 0 bridgehead atoms. The van der Waals surface area contributed by atoms with Crippen LogP contribution in [0, 0.1) is 6.92 Å². The van der Waals surface area contributed by atoms with Gasteiger partial charge in [-0.25, -0.2) is 9.67 Å². The predicted octanol–water partition coefficient (Wildman–Crippen LogP) is 0.723. The monoisotopic (exact) mass is 350 g/mol. The van der Waals surface area contributed by atoms with Crippen LogP contribution in [0.15, 0.2) is 43.0 Å². The number of carbonyl (C=O) groups is 1. The molecule has 26 heavy (non-hydrogen) atoms. The largest absolute Gasteiger partial charge is 0.352 e. The Morgan fingerprint density at radius 1 is 1.00 bits per heavy atom. The van der Waals surface area contributed by atoms with Crippen molar-refractivity contribution in [2.75, 3.05) is 31.1 Å². The molecule has 1 aliphatic rings. The molecule has 0 aliphatic carbocycles. The van der Waals surface area contributed by atoms with Crippen LogP contribution < -0.4 is 4.90 Å². The van der Waals surface area contributed by atoms with Gasteiger partial charge in [-0.05, 0) is 25.1 Å². The molecule has 4 heterocycles. The minimum atomic E-state index is -0.0859. The summed E-state index contributed by atoms with van der Waals surface area (Å²) in [5, 5.41) is 12.6. The third-order valence-corrected chi connectivity index (χ3v) is 4.27. The third-order valence-electron chi connectivity index (χ3n) is 4.27. The van der Waals surface area contributed by atoms with Crippen LogP contribution in [-0.2, 0) is 0 Å². The van der Waals surface area contributed by atoms with Gasteiger partial charge in [-0.15, -0.1) is 10.2 Å². The Morgan fingerprint density at radius 3 is 2.38 bits per heavy atom. The first-order valence-corrected chi connectivity index (χ1v) is 8.37. The van der Waals surface area contributed by atoms with Crippen LogP contribution in [0.2, 0.25) is 0 Å². The quantitative estimate of drug-likeness (QED) is 0.687. The van der Waals surface area contributed by atoms with Crippen molar-refractivity contribution in [1.29, 1.82) is 0 Å². The van der Waals surface area contributed by atoms with Crippen molar-refractivity contribution < 1.29 is 4.79 Å². The fourth-order valence-electron chi connectivity index (χ4n) is 2.82. The summed E-state index contributed by atoms with van der Waals surface area (Å²) in [4.78, 5) is 24.7. The number of nitrogens with zero attached hydrogens (tertiary/aromatic N) is 8. The molecule has 3 aromatic rings. The molecule has 1 fully saturated rings. The van der Waals surface area contributed by atoms with Gasteiger partial charge in [0.2, 0.25) is 0 Å². The lowest BCUT2D eigenvalue weighted by atomic mass is 10.2. The molecule has 4 rings (SSSR count). The smallest absolute Gasteiger partial charge is 0.274 e. The average molecular weight is 350 g/mol. The molecule has 0 N–H and O–H groups in total. The zero-order chi connectivity index (χ0) is 17.9. The minimum absolute atomic E-state index is 0.0859. The molecule has 1 aliphatic heterocycles. The van der Waals surface area contributed by atoms with E-state index in [1.54, 1.807) is 22.0 Å². The number of aryl methyl sites for hydroxylation is 1. The molecule has 0 aromatic carbocycles. The number of anilines is 1. The number of hydrogen-bond donors (Lipinski definition) is 0. The molecule has 3 aromatic heterocycles. The van der Waals surface area contributed by atoms with E-state index in [0.29, 0.717) is 37.7 Å². The topological polar surface area (TPSA) is 92.9 Å². The van der Waals surface area contributed by atoms with E-state index in [4.69, 9.17) is 0 Å². The number of carbonyl (C=O) groups excluding carboxylic acids is 1. The second-order valence-electron chi connectivity index (χ2n) is 6.02. The van der Waals surface area contributed by atoms with Gasteiger partial charge in [0, 0.05) is 44.8 Å². The zero-order valence-corrected chi connectivity index (χ0v) is 14.4. The van der Waals surface area contributed by atoms with Crippen LogP contribution in [0.5, 0.6) is 0 Å². The van der Waals surface area contributed by atoms with Gasteiger partial charge < -0.3 is 9.80 Å². The maximum absolute atomic E-state index is 12.5. The maximum atomic E-state index is 12.5. The van der Waals surface area contributed by atoms with E-state index in [9.17, 15) is 4.79 Å². The average Bonchev–Trinajstić information content (AvgIpc) is 3.23. The molecule has 9 heteroatoms. The SMILES string of the molecule is Cc1cnc(C(=O)N2CCN(c3ccc(-n4cccn4)nn3)CC2)cn1. The highest BCUT2D eigenvalue weighted by atomic mass is 16.2. The van der Waals surface area contributed by atoms with E-state index in [1.165, 1.54) is 6.20 Å². The number of amides is 1. The van der Waals surface area contributed by atoms with Gasteiger partial charge in [0.15, 0.2) is 11.6 Å². The van der Waals surface area contributed by atoms with Gasteiger partial charge in [-0.3, -0.25) is 9.78 Å². The number of hydrogen-bond acceptors (Lipinski definition) is 7. The Labute approximate surface area is 150 Å². The van der Waals surface area contributed by atoms with Crippen molar-refractivity contribution in [2.45, 2.75) is 6.92 Å². The van der Waals surface area contributed by atoms with E-state index in [1.807, 2.05) is 31.3 Å². The Morgan fingerprint density at radius 2 is 1.77 bits per heavy atom. The molecule has 1 amide bonds. The molecule has 1 saturated heterocycles. The summed E-state index contributed by atoms with van der Waals surface area (Å²) in [6.07, 6.45) is 6.66. The molecule has 9 nitrogen and oxygen atoms in total. The summed E-state index contributed by atoms with van der Waals surface area (Å²) in [7, 11) is 0. The van der Waals surface area contributed by atoms with Crippen molar-refractivity contribution in [3.63, 3.8) is 0 Å². The van der Waals surface area contributed by atoms with Gasteiger partial charge in [-0.2, -0.15) is 5.10 Å². The molecular weight excluding hydrogens is 332 g/mol. The molecule has 0 atom stereocenters. The van der Waals surface area contributed by atoms with Crippen LogP contribution in [0.4, 0.5) is 5.82 Å². The minimum Gasteiger partial charge on any atom is -0.352 e. The number of aromatic nitrogens is 6. The highest BCUT2D eigenvalue weighted by molar-refractivity contribution is 5.92. The molecule has 0 saturated carbocycles. The van der Waals surface area contributed by atoms with Gasteiger partial charge in [-0.1, -0.05) is 0 Å². The summed E-state index contributed by atoms with van der Waals surface area (Å²) in [5.41, 5.74) is 1.18. The predicted molar refractivity (Wildman–Crippen MR) is 94.0 cm³/mol. The van der Waals surface area contributed by atoms with E-state index in [0.717, 1.165) is 11.5 Å². The van der Waals surface area contributed by atoms with Gasteiger partial charge in [0.1, 0.15) is 5.69 Å². The third kappa shape index (κ3) is 3.23. The fourth-order valence-corrected chi connectivity index (χ4v) is 2.82. The van der Waals surface area contributed by atoms with Crippen LogP contribution >= 0.6 is 0 Å². The van der Waals surface area contributed by atoms with Crippen LogP contribution in [0.25, 0.3) is 5.82 Å². The van der Waals surface area contributed by atoms with E-state index >= 15 is 0 Å². The molecule has 132 valence electrons. The highest BCUT2D eigenvalue weighted by Crippen LogP contribution is 2.15. The number of piperazine rings is 1. The van der Waals surface area contributed by atoms with Gasteiger partial charge in [0.05, 0.1) is 11.9 Å². The van der Waals surface area contributed by atoms with Gasteiger partial charge in [0.25, 0.3) is 5.91 Å². The Balaban J connectivity index is 1.39. The lowest BCUT2D eigenvalue weighted by molar-refractivity contribution is 0.0740. The summed E-state index contributed by atoms with van der Waals surface area (Å²) in [5.74, 6) is 1.38. The lowest BCUT2D eigenvalue weighted by Gasteiger charge is -2.34. The van der Waals surface area contributed by atoms with Crippen LogP contribution in [-0.4, -0.2) is 66.9 Å².